The lowest BCUT2D eigenvalue weighted by Crippen LogP contribution is -2.15. The number of ketones is 2. The summed E-state index contributed by atoms with van der Waals surface area (Å²) in [5.41, 5.74) is 1.94. The largest absolute Gasteiger partial charge is 0.289 e. The predicted molar refractivity (Wildman–Crippen MR) is 76.5 cm³/mol. The number of rotatable bonds is 0. The van der Waals surface area contributed by atoms with Gasteiger partial charge in [0.15, 0.2) is 5.78 Å². The number of carbonyl (C=O) groups excluding carboxylic acids is 2. The highest BCUT2D eigenvalue weighted by atomic mass is 16.1. The van der Waals surface area contributed by atoms with E-state index in [1.54, 1.807) is 24.3 Å². The van der Waals surface area contributed by atoms with Crippen LogP contribution in [0.15, 0.2) is 66.2 Å². The Bertz CT molecular complexity index is 787. The minimum absolute atomic E-state index is 0.169. The van der Waals surface area contributed by atoms with Crippen molar-refractivity contribution in [3.63, 3.8) is 0 Å². The van der Waals surface area contributed by atoms with Gasteiger partial charge in [-0.05, 0) is 12.1 Å². The van der Waals surface area contributed by atoms with Gasteiger partial charge in [-0.15, -0.1) is 0 Å². The molecule has 0 aliphatic heterocycles. The zero-order chi connectivity index (χ0) is 13.9. The minimum Gasteiger partial charge on any atom is -0.289 e. The molecule has 2 aromatic rings. The van der Waals surface area contributed by atoms with Crippen LogP contribution < -0.4 is 0 Å². The van der Waals surface area contributed by atoms with Crippen LogP contribution in [0.25, 0.3) is 0 Å². The molecular weight excluding hydrogens is 248 g/mol. The first-order valence-corrected chi connectivity index (χ1v) is 6.22. The third-order valence-corrected chi connectivity index (χ3v) is 3.07. The highest BCUT2D eigenvalue weighted by Crippen LogP contribution is 2.20. The molecule has 2 aromatic carbocycles. The van der Waals surface area contributed by atoms with Crippen LogP contribution in [-0.2, 0) is 0 Å². The Balaban J connectivity index is 2.00. The summed E-state index contributed by atoms with van der Waals surface area (Å²) in [6.45, 7) is 0. The van der Waals surface area contributed by atoms with Gasteiger partial charge < -0.3 is 0 Å². The average molecular weight is 258 g/mol. The third kappa shape index (κ3) is 2.17. The van der Waals surface area contributed by atoms with Gasteiger partial charge in [-0.2, -0.15) is 0 Å². The fourth-order valence-electron chi connectivity index (χ4n) is 2.07. The maximum Gasteiger partial charge on any atom is 0.202 e. The molecule has 3 rings (SSSR count). The van der Waals surface area contributed by atoms with Crippen LogP contribution in [0.1, 0.15) is 26.3 Å². The summed E-state index contributed by atoms with van der Waals surface area (Å²) in [7, 11) is 0. The summed E-state index contributed by atoms with van der Waals surface area (Å²) >= 11 is 0. The van der Waals surface area contributed by atoms with E-state index in [0.29, 0.717) is 11.1 Å². The fraction of sp³-hybridized carbons (Fsp3) is 0. The van der Waals surface area contributed by atoms with Crippen molar-refractivity contribution in [1.29, 1.82) is 0 Å². The second kappa shape index (κ2) is 4.99. The smallest absolute Gasteiger partial charge is 0.202 e. The second-order valence-corrected chi connectivity index (χ2v) is 4.41. The van der Waals surface area contributed by atoms with E-state index in [9.17, 15) is 9.59 Å². The van der Waals surface area contributed by atoms with Crippen molar-refractivity contribution in [1.82, 2.24) is 0 Å². The van der Waals surface area contributed by atoms with Crippen LogP contribution in [0.2, 0.25) is 0 Å². The molecule has 1 aliphatic rings. The molecule has 20 heavy (non-hydrogen) atoms. The van der Waals surface area contributed by atoms with Gasteiger partial charge in [-0.1, -0.05) is 54.3 Å². The Hall–Kier alpha value is -2.92. The van der Waals surface area contributed by atoms with Gasteiger partial charge in [0.2, 0.25) is 5.78 Å². The van der Waals surface area contributed by atoms with Crippen molar-refractivity contribution >= 4 is 11.6 Å². The van der Waals surface area contributed by atoms with Crippen molar-refractivity contribution in [2.75, 3.05) is 0 Å². The van der Waals surface area contributed by atoms with Gasteiger partial charge in [-0.3, -0.25) is 9.59 Å². The summed E-state index contributed by atoms with van der Waals surface area (Å²) in [5.74, 6) is 5.34. The number of benzene rings is 2. The highest BCUT2D eigenvalue weighted by Gasteiger charge is 2.23. The number of hydrogen-bond acceptors (Lipinski definition) is 2. The van der Waals surface area contributed by atoms with Crippen molar-refractivity contribution < 1.29 is 9.59 Å². The van der Waals surface area contributed by atoms with E-state index in [1.165, 1.54) is 6.08 Å². The van der Waals surface area contributed by atoms with Crippen LogP contribution >= 0.6 is 0 Å². The third-order valence-electron chi connectivity index (χ3n) is 3.07. The van der Waals surface area contributed by atoms with Gasteiger partial charge in [0.1, 0.15) is 0 Å². The lowest BCUT2D eigenvalue weighted by Gasteiger charge is -2.10. The van der Waals surface area contributed by atoms with Gasteiger partial charge in [0.05, 0.1) is 5.57 Å². The van der Waals surface area contributed by atoms with E-state index in [0.717, 1.165) is 5.56 Å². The number of allylic oxidation sites excluding steroid dienone is 2. The minimum atomic E-state index is -0.191. The molecule has 0 heterocycles. The Labute approximate surface area is 116 Å². The van der Waals surface area contributed by atoms with Crippen LogP contribution in [0.3, 0.4) is 0 Å². The highest BCUT2D eigenvalue weighted by molar-refractivity contribution is 6.26. The summed E-state index contributed by atoms with van der Waals surface area (Å²) in [4.78, 5) is 24.2. The number of fused-ring (bicyclic) bond motifs is 1. The molecule has 0 unspecified atom stereocenters. The van der Waals surface area contributed by atoms with E-state index in [2.05, 4.69) is 11.8 Å². The Morgan fingerprint density at radius 3 is 2.10 bits per heavy atom. The molecule has 2 heteroatoms. The molecule has 0 aromatic heterocycles. The number of Topliss-reactive ketones (excluding diaryl/α,β-unsaturated/α-hetero) is 1. The van der Waals surface area contributed by atoms with Crippen molar-refractivity contribution in [2.45, 2.75) is 0 Å². The normalized spacial score (nSPS) is 13.1. The van der Waals surface area contributed by atoms with Crippen molar-refractivity contribution in [3.05, 3.63) is 82.9 Å². The van der Waals surface area contributed by atoms with Crippen LogP contribution in [0.4, 0.5) is 0 Å². The lowest BCUT2D eigenvalue weighted by atomic mass is 9.90. The molecule has 0 amide bonds. The first kappa shape index (κ1) is 12.1. The molecule has 1 aliphatic carbocycles. The Morgan fingerprint density at radius 2 is 1.35 bits per heavy atom. The van der Waals surface area contributed by atoms with Crippen molar-refractivity contribution in [3.8, 4) is 11.8 Å². The standard InChI is InChI=1S/C18H10O2/c19-17-12-14(11-10-13-6-2-1-3-7-13)18(20)16-9-5-4-8-15(16)17/h1-9,12H. The number of hydrogen-bond donors (Lipinski definition) is 0. The average Bonchev–Trinajstić information content (AvgIpc) is 2.50. The molecule has 0 saturated carbocycles. The summed E-state index contributed by atoms with van der Waals surface area (Å²) in [6.07, 6.45) is 1.32. The van der Waals surface area contributed by atoms with E-state index >= 15 is 0 Å². The van der Waals surface area contributed by atoms with E-state index in [-0.39, 0.29) is 17.1 Å². The first-order valence-electron chi connectivity index (χ1n) is 6.22. The second-order valence-electron chi connectivity index (χ2n) is 4.41. The van der Waals surface area contributed by atoms with Gasteiger partial charge in [-0.25, -0.2) is 0 Å². The van der Waals surface area contributed by atoms with E-state index < -0.39 is 0 Å². The zero-order valence-electron chi connectivity index (χ0n) is 10.6. The topological polar surface area (TPSA) is 34.1 Å². The molecule has 0 saturated heterocycles. The molecule has 2 nitrogen and oxygen atoms in total. The molecule has 94 valence electrons. The van der Waals surface area contributed by atoms with E-state index in [4.69, 9.17) is 0 Å². The molecule has 0 fully saturated rings. The van der Waals surface area contributed by atoms with E-state index in [1.807, 2.05) is 30.3 Å². The predicted octanol–water partition coefficient (Wildman–Crippen LogP) is 3.04. The molecule has 0 atom stereocenters. The van der Waals surface area contributed by atoms with Crippen LogP contribution in [0.5, 0.6) is 0 Å². The molecule has 0 spiro atoms. The lowest BCUT2D eigenvalue weighted by molar-refractivity contribution is 0.0988. The molecular formula is C18H10O2. The Morgan fingerprint density at radius 1 is 0.700 bits per heavy atom. The van der Waals surface area contributed by atoms with Crippen LogP contribution in [-0.4, -0.2) is 11.6 Å². The monoisotopic (exact) mass is 258 g/mol. The quantitative estimate of drug-likeness (QED) is 0.681. The first-order chi connectivity index (χ1) is 9.75. The maximum absolute atomic E-state index is 12.3. The van der Waals surface area contributed by atoms with Crippen LogP contribution in [0, 0.1) is 11.8 Å². The molecule has 0 radical (unpaired) electrons. The van der Waals surface area contributed by atoms with Gasteiger partial charge >= 0.3 is 0 Å². The summed E-state index contributed by atoms with van der Waals surface area (Å²) in [6, 6.07) is 16.2. The number of carbonyl (C=O) groups is 2. The summed E-state index contributed by atoms with van der Waals surface area (Å²) < 4.78 is 0. The van der Waals surface area contributed by atoms with Crippen molar-refractivity contribution in [2.24, 2.45) is 0 Å². The summed E-state index contributed by atoms with van der Waals surface area (Å²) in [5, 5.41) is 0. The van der Waals surface area contributed by atoms with Gasteiger partial charge in [0.25, 0.3) is 0 Å². The fourth-order valence-corrected chi connectivity index (χ4v) is 2.07. The zero-order valence-corrected chi connectivity index (χ0v) is 10.6. The Kier molecular flexibility index (Phi) is 3.02. The SMILES string of the molecule is O=C1C=C(C#Cc2ccccc2)C(=O)c2ccccc21. The van der Waals surface area contributed by atoms with Gasteiger partial charge in [0, 0.05) is 22.8 Å². The molecule has 0 bridgehead atoms. The maximum atomic E-state index is 12.3. The molecule has 0 N–H and O–H groups in total.